The molecule has 5 rings (SSSR count). The molecular weight excluding hydrogens is 386 g/mol. The van der Waals surface area contributed by atoms with Gasteiger partial charge in [-0.2, -0.15) is 5.10 Å². The molecule has 0 spiro atoms. The van der Waals surface area contributed by atoms with Crippen molar-refractivity contribution < 1.29 is 5.11 Å². The van der Waals surface area contributed by atoms with E-state index in [1.54, 1.807) is 18.5 Å². The molecule has 0 saturated heterocycles. The molecule has 0 aliphatic heterocycles. The highest BCUT2D eigenvalue weighted by Crippen LogP contribution is 2.56. The van der Waals surface area contributed by atoms with Crippen LogP contribution < -0.4 is 4.90 Å². The van der Waals surface area contributed by atoms with Crippen LogP contribution in [-0.4, -0.2) is 38.6 Å². The molecule has 0 amide bonds. The van der Waals surface area contributed by atoms with Crippen molar-refractivity contribution in [2.75, 3.05) is 11.9 Å². The van der Waals surface area contributed by atoms with Crippen LogP contribution >= 0.6 is 0 Å². The summed E-state index contributed by atoms with van der Waals surface area (Å²) in [5, 5.41) is 26.3. The Kier molecular flexibility index (Phi) is 4.76. The largest absolute Gasteiger partial charge is 0.507 e. The third kappa shape index (κ3) is 3.80. The van der Waals surface area contributed by atoms with Crippen molar-refractivity contribution >= 4 is 5.82 Å². The molecule has 1 aromatic carbocycles. The van der Waals surface area contributed by atoms with E-state index in [2.05, 4.69) is 46.2 Å². The molecule has 2 N–H and O–H groups in total. The fourth-order valence-corrected chi connectivity index (χ4v) is 6.16. The Labute approximate surface area is 183 Å². The lowest BCUT2D eigenvalue weighted by Gasteiger charge is -2.54. The standard InChI is InChI=1S/C25H31N5O/c1-24-9-4-10-25(2,16-24)13-19(12-24)30(3)23-8-7-21(28-29-23)20-6-5-17(11-22(20)31)18-14-26-27-15-18/h5-8,11,14-15,19,31H,4,9-10,12-13,16H2,1-3H3,(H,26,27)/t19-,24-,25+. The van der Waals surface area contributed by atoms with E-state index < -0.39 is 0 Å². The van der Waals surface area contributed by atoms with Gasteiger partial charge in [-0.1, -0.05) is 26.3 Å². The zero-order valence-electron chi connectivity index (χ0n) is 18.6. The minimum atomic E-state index is 0.190. The van der Waals surface area contributed by atoms with Gasteiger partial charge in [0.05, 0.1) is 11.9 Å². The van der Waals surface area contributed by atoms with Crippen LogP contribution in [0.1, 0.15) is 52.4 Å². The van der Waals surface area contributed by atoms with Gasteiger partial charge in [-0.05, 0) is 72.8 Å². The highest BCUT2D eigenvalue weighted by atomic mass is 16.3. The number of aromatic nitrogens is 4. The van der Waals surface area contributed by atoms with Gasteiger partial charge < -0.3 is 10.0 Å². The summed E-state index contributed by atoms with van der Waals surface area (Å²) in [4.78, 5) is 2.32. The Hall–Kier alpha value is -2.89. The number of H-pyrrole nitrogens is 1. The second kappa shape index (κ2) is 7.36. The number of anilines is 1. The van der Waals surface area contributed by atoms with Crippen LogP contribution in [0.3, 0.4) is 0 Å². The van der Waals surface area contributed by atoms with Crippen molar-refractivity contribution in [1.82, 2.24) is 20.4 Å². The summed E-state index contributed by atoms with van der Waals surface area (Å²) >= 11 is 0. The Bertz CT molecular complexity index is 1050. The number of nitrogens with one attached hydrogen (secondary N) is 1. The van der Waals surface area contributed by atoms with Crippen LogP contribution in [0.15, 0.2) is 42.7 Å². The summed E-state index contributed by atoms with van der Waals surface area (Å²) in [5.41, 5.74) is 4.09. The summed E-state index contributed by atoms with van der Waals surface area (Å²) in [6.07, 6.45) is 11.4. The minimum absolute atomic E-state index is 0.190. The quantitative estimate of drug-likeness (QED) is 0.592. The molecule has 2 aromatic heterocycles. The Balaban J connectivity index is 1.35. The SMILES string of the molecule is CN(c1ccc(-c2ccc(-c3cn[nH]c3)cc2O)nn1)[C@H]1C[C@]2(C)CCC[C@](C)(C1)C2. The molecule has 2 aliphatic carbocycles. The van der Waals surface area contributed by atoms with Gasteiger partial charge >= 0.3 is 0 Å². The molecule has 0 unspecified atom stereocenters. The van der Waals surface area contributed by atoms with Gasteiger partial charge in [0, 0.05) is 30.4 Å². The van der Waals surface area contributed by atoms with Gasteiger partial charge in [-0.3, -0.25) is 5.10 Å². The number of aromatic amines is 1. The van der Waals surface area contributed by atoms with E-state index in [9.17, 15) is 5.11 Å². The molecule has 3 atom stereocenters. The number of rotatable bonds is 4. The van der Waals surface area contributed by atoms with Crippen LogP contribution in [0.25, 0.3) is 22.4 Å². The van der Waals surface area contributed by atoms with Gasteiger partial charge in [-0.25, -0.2) is 0 Å². The maximum absolute atomic E-state index is 10.6. The van der Waals surface area contributed by atoms with Gasteiger partial charge in [0.1, 0.15) is 5.75 Å². The van der Waals surface area contributed by atoms with E-state index >= 15 is 0 Å². The summed E-state index contributed by atoms with van der Waals surface area (Å²) in [7, 11) is 2.15. The molecule has 2 heterocycles. The number of phenolic OH excluding ortho intramolecular Hbond substituents is 1. The first-order chi connectivity index (χ1) is 14.8. The molecule has 3 aromatic rings. The van der Waals surface area contributed by atoms with Crippen molar-refractivity contribution in [2.45, 2.75) is 58.4 Å². The van der Waals surface area contributed by atoms with Crippen LogP contribution in [0.2, 0.25) is 0 Å². The zero-order valence-corrected chi connectivity index (χ0v) is 18.6. The van der Waals surface area contributed by atoms with E-state index in [1.165, 1.54) is 38.5 Å². The van der Waals surface area contributed by atoms with Crippen molar-refractivity contribution in [1.29, 1.82) is 0 Å². The highest BCUT2D eigenvalue weighted by molar-refractivity contribution is 5.73. The maximum atomic E-state index is 10.6. The predicted octanol–water partition coefficient (Wildman–Crippen LogP) is 5.42. The van der Waals surface area contributed by atoms with Gasteiger partial charge in [0.2, 0.25) is 0 Å². The van der Waals surface area contributed by atoms with Gasteiger partial charge in [0.15, 0.2) is 5.82 Å². The molecule has 2 saturated carbocycles. The number of hydrogen-bond donors (Lipinski definition) is 2. The van der Waals surface area contributed by atoms with Crippen molar-refractivity contribution in [2.24, 2.45) is 10.8 Å². The Morgan fingerprint density at radius 1 is 1.03 bits per heavy atom. The summed E-state index contributed by atoms with van der Waals surface area (Å²) < 4.78 is 0. The average molecular weight is 418 g/mol. The van der Waals surface area contributed by atoms with E-state index in [0.29, 0.717) is 28.1 Å². The lowest BCUT2D eigenvalue weighted by atomic mass is 9.55. The van der Waals surface area contributed by atoms with Crippen molar-refractivity contribution in [3.63, 3.8) is 0 Å². The molecule has 2 bridgehead atoms. The van der Waals surface area contributed by atoms with E-state index in [1.807, 2.05) is 24.3 Å². The second-order valence-corrected chi connectivity index (χ2v) is 10.3. The summed E-state index contributed by atoms with van der Waals surface area (Å²) in [6, 6.07) is 10.1. The molecule has 31 heavy (non-hydrogen) atoms. The lowest BCUT2D eigenvalue weighted by Crippen LogP contribution is -2.49. The molecule has 2 fully saturated rings. The molecule has 0 radical (unpaired) electrons. The lowest BCUT2D eigenvalue weighted by molar-refractivity contribution is 0.0141. The number of fused-ring (bicyclic) bond motifs is 2. The van der Waals surface area contributed by atoms with Gasteiger partial charge in [-0.15, -0.1) is 10.2 Å². The molecule has 6 nitrogen and oxygen atoms in total. The monoisotopic (exact) mass is 417 g/mol. The Morgan fingerprint density at radius 3 is 2.42 bits per heavy atom. The highest BCUT2D eigenvalue weighted by Gasteiger charge is 2.47. The minimum Gasteiger partial charge on any atom is -0.507 e. The van der Waals surface area contributed by atoms with Crippen molar-refractivity contribution in [3.05, 3.63) is 42.7 Å². The van der Waals surface area contributed by atoms with E-state index in [-0.39, 0.29) is 5.75 Å². The third-order valence-electron chi connectivity index (χ3n) is 7.54. The summed E-state index contributed by atoms with van der Waals surface area (Å²) in [6.45, 7) is 4.93. The zero-order chi connectivity index (χ0) is 21.6. The van der Waals surface area contributed by atoms with Crippen LogP contribution in [0, 0.1) is 10.8 Å². The fraction of sp³-hybridized carbons (Fsp3) is 0.480. The van der Waals surface area contributed by atoms with Crippen molar-refractivity contribution in [3.8, 4) is 28.1 Å². The topological polar surface area (TPSA) is 77.9 Å². The average Bonchev–Trinajstić information content (AvgIpc) is 3.27. The first-order valence-corrected chi connectivity index (χ1v) is 11.2. The molecule has 2 aliphatic rings. The first kappa shape index (κ1) is 20.0. The van der Waals surface area contributed by atoms with E-state index in [4.69, 9.17) is 0 Å². The second-order valence-electron chi connectivity index (χ2n) is 10.3. The molecular formula is C25H31N5O. The van der Waals surface area contributed by atoms with Crippen LogP contribution in [0.4, 0.5) is 5.82 Å². The first-order valence-electron chi connectivity index (χ1n) is 11.2. The smallest absolute Gasteiger partial charge is 0.151 e. The Morgan fingerprint density at radius 2 is 1.81 bits per heavy atom. The summed E-state index contributed by atoms with van der Waals surface area (Å²) in [5.74, 6) is 1.09. The van der Waals surface area contributed by atoms with E-state index in [0.717, 1.165) is 16.9 Å². The number of benzene rings is 1. The number of hydrogen-bond acceptors (Lipinski definition) is 5. The number of nitrogens with zero attached hydrogens (tertiary/aromatic N) is 4. The molecule has 162 valence electrons. The fourth-order valence-electron chi connectivity index (χ4n) is 6.16. The van der Waals surface area contributed by atoms with Crippen LogP contribution in [-0.2, 0) is 0 Å². The third-order valence-corrected chi connectivity index (χ3v) is 7.54. The maximum Gasteiger partial charge on any atom is 0.151 e. The molecule has 6 heteroatoms. The predicted molar refractivity (Wildman–Crippen MR) is 123 cm³/mol. The number of phenols is 1. The number of aromatic hydroxyl groups is 1. The van der Waals surface area contributed by atoms with Crippen LogP contribution in [0.5, 0.6) is 5.75 Å². The normalized spacial score (nSPS) is 27.8. The van der Waals surface area contributed by atoms with Gasteiger partial charge in [0.25, 0.3) is 0 Å².